The van der Waals surface area contributed by atoms with E-state index < -0.39 is 10.0 Å². The molecule has 0 fully saturated rings. The molecule has 7 heteroatoms. The van der Waals surface area contributed by atoms with E-state index in [-0.39, 0.29) is 9.92 Å². The van der Waals surface area contributed by atoms with Crippen molar-refractivity contribution in [3.8, 4) is 0 Å². The molecular formula is C10H16ClN3O2S. The molecule has 1 rings (SSSR count). The predicted molar refractivity (Wildman–Crippen MR) is 69.6 cm³/mol. The first-order valence-electron chi connectivity index (χ1n) is 5.02. The summed E-state index contributed by atoms with van der Waals surface area (Å²) in [4.78, 5) is 2.01. The third kappa shape index (κ3) is 4.16. The highest BCUT2D eigenvalue weighted by Gasteiger charge is 2.14. The van der Waals surface area contributed by atoms with E-state index in [0.29, 0.717) is 18.8 Å². The molecule has 96 valence electrons. The summed E-state index contributed by atoms with van der Waals surface area (Å²) in [6.07, 6.45) is 0. The summed E-state index contributed by atoms with van der Waals surface area (Å²) in [6.45, 7) is 0.971. The van der Waals surface area contributed by atoms with Crippen molar-refractivity contribution < 1.29 is 8.42 Å². The van der Waals surface area contributed by atoms with Crippen molar-refractivity contribution in [2.45, 2.75) is 4.90 Å². The van der Waals surface area contributed by atoms with E-state index in [1.807, 2.05) is 19.0 Å². The van der Waals surface area contributed by atoms with Crippen molar-refractivity contribution in [2.24, 2.45) is 0 Å². The number of nitrogens with two attached hydrogens (primary N) is 1. The number of likely N-dealkylation sites (N-methyl/N-ethyl adjacent to an activating group) is 1. The van der Waals surface area contributed by atoms with Gasteiger partial charge in [0.05, 0.1) is 15.6 Å². The van der Waals surface area contributed by atoms with Gasteiger partial charge in [0.25, 0.3) is 0 Å². The lowest BCUT2D eigenvalue weighted by Gasteiger charge is -2.11. The highest BCUT2D eigenvalue weighted by atomic mass is 35.5. The van der Waals surface area contributed by atoms with E-state index in [1.54, 1.807) is 0 Å². The molecule has 0 unspecified atom stereocenters. The Bertz CT molecular complexity index is 488. The zero-order valence-electron chi connectivity index (χ0n) is 9.77. The van der Waals surface area contributed by atoms with Gasteiger partial charge in [0, 0.05) is 13.1 Å². The van der Waals surface area contributed by atoms with Crippen LogP contribution in [0.5, 0.6) is 0 Å². The van der Waals surface area contributed by atoms with E-state index in [9.17, 15) is 8.42 Å². The van der Waals surface area contributed by atoms with Crippen LogP contribution in [-0.2, 0) is 10.0 Å². The Morgan fingerprint density at radius 1 is 1.41 bits per heavy atom. The Hall–Kier alpha value is -0.820. The van der Waals surface area contributed by atoms with Crippen LogP contribution in [0.3, 0.4) is 0 Å². The molecule has 5 nitrogen and oxygen atoms in total. The van der Waals surface area contributed by atoms with Gasteiger partial charge in [-0.3, -0.25) is 0 Å². The minimum atomic E-state index is -3.51. The number of hydrogen-bond donors (Lipinski definition) is 2. The first kappa shape index (κ1) is 14.2. The third-order valence-corrected chi connectivity index (χ3v) is 3.92. The van der Waals surface area contributed by atoms with Gasteiger partial charge in [0.1, 0.15) is 0 Å². The lowest BCUT2D eigenvalue weighted by molar-refractivity contribution is 0.412. The maximum atomic E-state index is 11.8. The predicted octanol–water partition coefficient (Wildman–Crippen LogP) is 0.762. The Labute approximate surface area is 107 Å². The number of nitrogens with zero attached hydrogens (tertiary/aromatic N) is 1. The molecule has 1 aromatic carbocycles. The summed E-state index contributed by atoms with van der Waals surface area (Å²) < 4.78 is 26.2. The van der Waals surface area contributed by atoms with Crippen molar-refractivity contribution in [3.05, 3.63) is 23.2 Å². The number of rotatable bonds is 5. The van der Waals surface area contributed by atoms with Crippen molar-refractivity contribution in [1.29, 1.82) is 0 Å². The largest absolute Gasteiger partial charge is 0.398 e. The minimum Gasteiger partial charge on any atom is -0.398 e. The van der Waals surface area contributed by atoms with Crippen LogP contribution in [-0.4, -0.2) is 40.5 Å². The van der Waals surface area contributed by atoms with Gasteiger partial charge in [0.15, 0.2) is 0 Å². The topological polar surface area (TPSA) is 75.4 Å². The number of sulfonamides is 1. The summed E-state index contributed by atoms with van der Waals surface area (Å²) in [5.41, 5.74) is 5.88. The zero-order chi connectivity index (χ0) is 13.1. The number of nitrogen functional groups attached to an aromatic ring is 1. The maximum Gasteiger partial charge on any atom is 0.240 e. The first-order valence-corrected chi connectivity index (χ1v) is 6.88. The Kier molecular flexibility index (Phi) is 4.76. The van der Waals surface area contributed by atoms with Gasteiger partial charge >= 0.3 is 0 Å². The molecule has 0 atom stereocenters. The smallest absolute Gasteiger partial charge is 0.240 e. The highest BCUT2D eigenvalue weighted by Crippen LogP contribution is 2.22. The molecule has 0 spiro atoms. The van der Waals surface area contributed by atoms with Gasteiger partial charge in [-0.05, 0) is 32.3 Å². The van der Waals surface area contributed by atoms with E-state index in [1.165, 1.54) is 18.2 Å². The van der Waals surface area contributed by atoms with Crippen LogP contribution >= 0.6 is 11.6 Å². The fourth-order valence-electron chi connectivity index (χ4n) is 1.16. The molecule has 0 bridgehead atoms. The van der Waals surface area contributed by atoms with Crippen LogP contribution in [0.4, 0.5) is 5.69 Å². The summed E-state index contributed by atoms with van der Waals surface area (Å²) in [6, 6.07) is 4.25. The zero-order valence-corrected chi connectivity index (χ0v) is 11.3. The van der Waals surface area contributed by atoms with Crippen molar-refractivity contribution in [3.63, 3.8) is 0 Å². The van der Waals surface area contributed by atoms with Gasteiger partial charge in [-0.15, -0.1) is 0 Å². The summed E-state index contributed by atoms with van der Waals surface area (Å²) in [5.74, 6) is 0. The number of halogens is 1. The van der Waals surface area contributed by atoms with Gasteiger partial charge < -0.3 is 10.6 Å². The van der Waals surface area contributed by atoms with Crippen LogP contribution in [0.15, 0.2) is 23.1 Å². The lowest BCUT2D eigenvalue weighted by atomic mass is 10.3. The molecule has 0 heterocycles. The normalized spacial score (nSPS) is 12.0. The second-order valence-electron chi connectivity index (χ2n) is 3.88. The van der Waals surface area contributed by atoms with Crippen LogP contribution in [0.1, 0.15) is 0 Å². The molecule has 0 aliphatic heterocycles. The van der Waals surface area contributed by atoms with E-state index in [4.69, 9.17) is 17.3 Å². The van der Waals surface area contributed by atoms with E-state index >= 15 is 0 Å². The number of nitrogens with one attached hydrogen (secondary N) is 1. The average molecular weight is 278 g/mol. The fourth-order valence-corrected chi connectivity index (χ4v) is 2.45. The molecule has 0 aliphatic carbocycles. The molecule has 3 N–H and O–H groups in total. The molecular weight excluding hydrogens is 262 g/mol. The molecule has 0 amide bonds. The average Bonchev–Trinajstić information content (AvgIpc) is 2.21. The van der Waals surface area contributed by atoms with E-state index in [0.717, 1.165) is 0 Å². The first-order chi connectivity index (χ1) is 7.83. The molecule has 0 aliphatic rings. The SMILES string of the molecule is CN(C)CCNS(=O)(=O)c1ccc(N)c(Cl)c1. The number of hydrogen-bond acceptors (Lipinski definition) is 4. The standard InChI is InChI=1S/C10H16ClN3O2S/c1-14(2)6-5-13-17(15,16)8-3-4-10(12)9(11)7-8/h3-4,7,13H,5-6,12H2,1-2H3. The number of anilines is 1. The fraction of sp³-hybridized carbons (Fsp3) is 0.400. The lowest BCUT2D eigenvalue weighted by Crippen LogP contribution is -2.31. The second kappa shape index (κ2) is 5.68. The van der Waals surface area contributed by atoms with Crippen molar-refractivity contribution in [1.82, 2.24) is 9.62 Å². The summed E-state index contributed by atoms with van der Waals surface area (Å²) in [7, 11) is 0.227. The minimum absolute atomic E-state index is 0.121. The highest BCUT2D eigenvalue weighted by molar-refractivity contribution is 7.89. The monoisotopic (exact) mass is 277 g/mol. The van der Waals surface area contributed by atoms with Gasteiger partial charge in [0.2, 0.25) is 10.0 Å². The van der Waals surface area contributed by atoms with Crippen LogP contribution in [0.2, 0.25) is 5.02 Å². The van der Waals surface area contributed by atoms with Gasteiger partial charge in [-0.1, -0.05) is 11.6 Å². The van der Waals surface area contributed by atoms with Crippen LogP contribution in [0, 0.1) is 0 Å². The summed E-state index contributed by atoms with van der Waals surface area (Å²) in [5, 5.41) is 0.237. The Balaban J connectivity index is 2.79. The molecule has 0 radical (unpaired) electrons. The molecule has 1 aromatic rings. The molecule has 0 saturated heterocycles. The Morgan fingerprint density at radius 3 is 2.59 bits per heavy atom. The van der Waals surface area contributed by atoms with E-state index in [2.05, 4.69) is 4.72 Å². The van der Waals surface area contributed by atoms with Crippen molar-refractivity contribution in [2.75, 3.05) is 32.9 Å². The molecule has 0 saturated carbocycles. The van der Waals surface area contributed by atoms with Gasteiger partial charge in [-0.25, -0.2) is 13.1 Å². The summed E-state index contributed by atoms with van der Waals surface area (Å²) >= 11 is 5.78. The van der Waals surface area contributed by atoms with Crippen molar-refractivity contribution >= 4 is 27.3 Å². The third-order valence-electron chi connectivity index (χ3n) is 2.13. The maximum absolute atomic E-state index is 11.8. The second-order valence-corrected chi connectivity index (χ2v) is 6.06. The Morgan fingerprint density at radius 2 is 2.06 bits per heavy atom. The van der Waals surface area contributed by atoms with Crippen LogP contribution < -0.4 is 10.5 Å². The van der Waals surface area contributed by atoms with Gasteiger partial charge in [-0.2, -0.15) is 0 Å². The van der Waals surface area contributed by atoms with Crippen LogP contribution in [0.25, 0.3) is 0 Å². The number of benzene rings is 1. The molecule has 17 heavy (non-hydrogen) atoms. The molecule has 0 aromatic heterocycles. The quantitative estimate of drug-likeness (QED) is 0.780.